The molecule has 0 aliphatic heterocycles. The van der Waals surface area contributed by atoms with Gasteiger partial charge in [0.1, 0.15) is 11.2 Å². The Labute approximate surface area is 152 Å². The normalized spacial score (nSPS) is 51.7. The lowest BCUT2D eigenvalue weighted by Gasteiger charge is -2.71. The average Bonchev–Trinajstić information content (AvgIpc) is 2.74. The second-order valence-electron chi connectivity index (χ2n) is 9.21. The Bertz CT molecular complexity index is 794. The van der Waals surface area contributed by atoms with Gasteiger partial charge in [0, 0.05) is 35.5 Å². The fourth-order valence-electron chi connectivity index (χ4n) is 6.44. The summed E-state index contributed by atoms with van der Waals surface area (Å²) in [7, 11) is 0. The number of hydrogen-bond donors (Lipinski definition) is 4. The van der Waals surface area contributed by atoms with Crippen LogP contribution in [-0.4, -0.2) is 55.4 Å². The van der Waals surface area contributed by atoms with Gasteiger partial charge in [0.05, 0.1) is 12.2 Å². The molecule has 142 valence electrons. The first-order valence-corrected chi connectivity index (χ1v) is 9.13. The first kappa shape index (κ1) is 18.0. The van der Waals surface area contributed by atoms with Crippen molar-refractivity contribution >= 4 is 11.6 Å². The molecule has 3 saturated carbocycles. The molecule has 5 aliphatic carbocycles. The Morgan fingerprint density at radius 1 is 1.15 bits per heavy atom. The number of aliphatic hydroxyl groups is 4. The smallest absolute Gasteiger partial charge is 0.190 e. The number of fused-ring (bicyclic) bond motifs is 1. The maximum Gasteiger partial charge on any atom is 0.190 e. The quantitative estimate of drug-likeness (QED) is 0.493. The molecule has 4 N–H and O–H groups in total. The minimum Gasteiger partial charge on any atom is -0.392 e. The summed E-state index contributed by atoms with van der Waals surface area (Å²) in [6, 6.07) is 0. The highest BCUT2D eigenvalue weighted by atomic mass is 16.3. The first-order valence-electron chi connectivity index (χ1n) is 9.13. The number of carbonyl (C=O) groups is 2. The van der Waals surface area contributed by atoms with Crippen LogP contribution in [0, 0.1) is 29.1 Å². The maximum absolute atomic E-state index is 12.8. The van der Waals surface area contributed by atoms with Crippen molar-refractivity contribution in [2.24, 2.45) is 29.1 Å². The van der Waals surface area contributed by atoms with Crippen molar-refractivity contribution in [3.63, 3.8) is 0 Å². The topological polar surface area (TPSA) is 115 Å². The summed E-state index contributed by atoms with van der Waals surface area (Å²) in [6.07, 6.45) is 3.14. The lowest BCUT2D eigenvalue weighted by Crippen LogP contribution is -2.84. The van der Waals surface area contributed by atoms with Gasteiger partial charge in [0.2, 0.25) is 0 Å². The summed E-state index contributed by atoms with van der Waals surface area (Å²) in [4.78, 5) is 25.5. The van der Waals surface area contributed by atoms with Crippen molar-refractivity contribution in [1.82, 2.24) is 0 Å². The first-order chi connectivity index (χ1) is 11.9. The molecule has 0 aromatic carbocycles. The summed E-state index contributed by atoms with van der Waals surface area (Å²) >= 11 is 0. The lowest BCUT2D eigenvalue weighted by molar-refractivity contribution is -0.301. The van der Waals surface area contributed by atoms with Crippen molar-refractivity contribution in [2.45, 2.75) is 50.9 Å². The summed E-state index contributed by atoms with van der Waals surface area (Å²) in [5, 5.41) is 44.1. The molecule has 0 amide bonds. The van der Waals surface area contributed by atoms with Crippen LogP contribution in [0.4, 0.5) is 0 Å². The van der Waals surface area contributed by atoms with Crippen LogP contribution in [0.3, 0.4) is 0 Å². The minimum absolute atomic E-state index is 0.0911. The van der Waals surface area contributed by atoms with Gasteiger partial charge in [-0.3, -0.25) is 9.59 Å². The number of hydrogen-bond acceptors (Lipinski definition) is 6. The largest absolute Gasteiger partial charge is 0.392 e. The fraction of sp³-hybridized carbons (Fsp3) is 0.700. The third-order valence-corrected chi connectivity index (χ3v) is 7.93. The Morgan fingerprint density at radius 2 is 1.77 bits per heavy atom. The molecule has 5 aliphatic rings. The third-order valence-electron chi connectivity index (χ3n) is 7.93. The van der Waals surface area contributed by atoms with Crippen LogP contribution >= 0.6 is 0 Å². The van der Waals surface area contributed by atoms with E-state index in [0.29, 0.717) is 11.1 Å². The molecule has 26 heavy (non-hydrogen) atoms. The second-order valence-corrected chi connectivity index (χ2v) is 9.21. The zero-order valence-corrected chi connectivity index (χ0v) is 15.5. The lowest BCUT2D eigenvalue weighted by atomic mass is 9.34. The fourth-order valence-corrected chi connectivity index (χ4v) is 6.44. The Kier molecular flexibility index (Phi) is 3.29. The summed E-state index contributed by atoms with van der Waals surface area (Å²) < 4.78 is 0. The van der Waals surface area contributed by atoms with Gasteiger partial charge >= 0.3 is 0 Å². The average molecular weight is 362 g/mol. The van der Waals surface area contributed by atoms with Crippen LogP contribution in [0.1, 0.15) is 34.1 Å². The zero-order chi connectivity index (χ0) is 19.4. The Morgan fingerprint density at radius 3 is 2.31 bits per heavy atom. The molecular formula is C20H26O6. The molecule has 0 radical (unpaired) electrons. The Hall–Kier alpha value is -1.34. The molecule has 6 heteroatoms. The molecule has 2 bridgehead atoms. The number of carbonyl (C=O) groups excluding carboxylic acids is 2. The molecule has 0 unspecified atom stereocenters. The van der Waals surface area contributed by atoms with E-state index in [0.717, 1.165) is 0 Å². The molecule has 6 nitrogen and oxygen atoms in total. The molecule has 7 atom stereocenters. The van der Waals surface area contributed by atoms with Crippen LogP contribution in [0.2, 0.25) is 0 Å². The molecule has 0 spiro atoms. The van der Waals surface area contributed by atoms with E-state index in [9.17, 15) is 30.0 Å². The monoisotopic (exact) mass is 362 g/mol. The summed E-state index contributed by atoms with van der Waals surface area (Å²) in [6.45, 7) is 6.45. The minimum atomic E-state index is -1.87. The van der Waals surface area contributed by atoms with Gasteiger partial charge in [-0.2, -0.15) is 0 Å². The summed E-state index contributed by atoms with van der Waals surface area (Å²) in [5.41, 5.74) is -5.21. The highest BCUT2D eigenvalue weighted by molar-refractivity contribution is 6.05. The predicted octanol–water partition coefficient (Wildman–Crippen LogP) is 0.138. The highest BCUT2D eigenvalue weighted by Crippen LogP contribution is 2.70. The van der Waals surface area contributed by atoms with E-state index in [2.05, 4.69) is 0 Å². The second kappa shape index (κ2) is 4.73. The molecular weight excluding hydrogens is 336 g/mol. The Balaban J connectivity index is 1.98. The van der Waals surface area contributed by atoms with Crippen molar-refractivity contribution in [3.8, 4) is 0 Å². The van der Waals surface area contributed by atoms with Crippen molar-refractivity contribution in [1.29, 1.82) is 0 Å². The van der Waals surface area contributed by atoms with E-state index in [4.69, 9.17) is 0 Å². The van der Waals surface area contributed by atoms with Gasteiger partial charge in [-0.05, 0) is 18.1 Å². The van der Waals surface area contributed by atoms with E-state index in [1.165, 1.54) is 0 Å². The van der Waals surface area contributed by atoms with E-state index in [1.54, 1.807) is 39.8 Å². The van der Waals surface area contributed by atoms with Gasteiger partial charge in [0.15, 0.2) is 11.6 Å². The highest BCUT2D eigenvalue weighted by Gasteiger charge is 2.82. The van der Waals surface area contributed by atoms with Crippen LogP contribution in [0.15, 0.2) is 23.3 Å². The standard InChI is InChI=1S/C20H26O6/c1-9-5-13-18(24,15(9)22)7-11(8-21)6-12-14-16(23)20(26,17(14,3)4)10(2)19(12,13)25/h5-6,10,12-14,21,24-26H,7-8H2,1-4H3/t10-,12-,13+,14+,18+,19+,20-/m0/s1. The molecule has 0 aromatic heterocycles. The van der Waals surface area contributed by atoms with Crippen molar-refractivity contribution < 1.29 is 30.0 Å². The van der Waals surface area contributed by atoms with E-state index < -0.39 is 51.7 Å². The maximum atomic E-state index is 12.8. The van der Waals surface area contributed by atoms with Gasteiger partial charge in [-0.1, -0.05) is 32.9 Å². The van der Waals surface area contributed by atoms with Gasteiger partial charge in [0.25, 0.3) is 0 Å². The number of Topliss-reactive ketones (excluding diaryl/α,β-unsaturated/α-hetero) is 2. The third kappa shape index (κ3) is 1.56. The van der Waals surface area contributed by atoms with Crippen LogP contribution < -0.4 is 0 Å². The van der Waals surface area contributed by atoms with E-state index in [1.807, 2.05) is 0 Å². The molecule has 0 heterocycles. The molecule has 3 fully saturated rings. The van der Waals surface area contributed by atoms with Gasteiger partial charge < -0.3 is 20.4 Å². The molecule has 0 aromatic rings. The van der Waals surface area contributed by atoms with Crippen molar-refractivity contribution in [3.05, 3.63) is 23.3 Å². The number of ketones is 2. The van der Waals surface area contributed by atoms with Crippen molar-refractivity contribution in [2.75, 3.05) is 6.61 Å². The SMILES string of the molecule is CC1=C[C@H]2[C@]3(O)[C@@H](C=C(CO)C[C@]2(O)C1=O)[C@@H]1C(=O)[C@@](O)([C@H]3C)C1(C)C. The van der Waals surface area contributed by atoms with Crippen LogP contribution in [0.25, 0.3) is 0 Å². The number of rotatable bonds is 1. The summed E-state index contributed by atoms with van der Waals surface area (Å²) in [5.74, 6) is -3.94. The van der Waals surface area contributed by atoms with E-state index >= 15 is 0 Å². The van der Waals surface area contributed by atoms with Crippen LogP contribution in [0.5, 0.6) is 0 Å². The zero-order valence-electron chi connectivity index (χ0n) is 15.5. The van der Waals surface area contributed by atoms with Gasteiger partial charge in [-0.15, -0.1) is 0 Å². The van der Waals surface area contributed by atoms with Gasteiger partial charge in [-0.25, -0.2) is 0 Å². The predicted molar refractivity (Wildman–Crippen MR) is 91.8 cm³/mol. The molecule has 5 rings (SSSR count). The molecule has 0 saturated heterocycles. The van der Waals surface area contributed by atoms with Crippen LogP contribution in [-0.2, 0) is 9.59 Å². The number of aliphatic hydroxyl groups excluding tert-OH is 1. The van der Waals surface area contributed by atoms with E-state index in [-0.39, 0.29) is 18.8 Å².